The zero-order valence-electron chi connectivity index (χ0n) is 34.2. The second-order valence-electron chi connectivity index (χ2n) is 17.0. The third kappa shape index (κ3) is 5.83. The lowest BCUT2D eigenvalue weighted by Crippen LogP contribution is -2.52. The highest BCUT2D eigenvalue weighted by atomic mass is 15.3. The predicted molar refractivity (Wildman–Crippen MR) is 248 cm³/mol. The van der Waals surface area contributed by atoms with Crippen molar-refractivity contribution in [3.05, 3.63) is 211 Å². The standard InChI is InChI=1S/C55H47N5/c1-37-16-10-12-23-50(37)60-53-38(2)32-45(34-48(53)49-22-14-15-31-55(49,60)3)58(54-56-35-42(36-57-54)41-27-25-40(26-28-41)39-17-6-4-7-18-39)44-29-30-52-47(33-44)46-21-11-13-24-51(46)59(52)43-19-8-5-9-20-43/h4-31,33-38,49-50H,32H2,1-3H3. The molecule has 0 bridgehead atoms. The van der Waals surface area contributed by atoms with Crippen LogP contribution < -0.4 is 4.90 Å². The molecule has 5 unspecified atom stereocenters. The lowest BCUT2D eigenvalue weighted by molar-refractivity contribution is 0.127. The van der Waals surface area contributed by atoms with E-state index >= 15 is 0 Å². The number of hydrogen-bond acceptors (Lipinski definition) is 4. The highest BCUT2D eigenvalue weighted by molar-refractivity contribution is 6.10. The molecule has 7 aromatic rings. The molecule has 3 heterocycles. The second-order valence-corrected chi connectivity index (χ2v) is 17.0. The van der Waals surface area contributed by atoms with Crippen LogP contribution in [0.25, 0.3) is 49.7 Å². The minimum absolute atomic E-state index is 0.175. The molecule has 0 radical (unpaired) electrons. The average molecular weight is 778 g/mol. The van der Waals surface area contributed by atoms with E-state index in [-0.39, 0.29) is 23.4 Å². The van der Waals surface area contributed by atoms with Crippen molar-refractivity contribution in [2.24, 2.45) is 17.8 Å². The Morgan fingerprint density at radius 2 is 1.28 bits per heavy atom. The summed E-state index contributed by atoms with van der Waals surface area (Å²) in [5.74, 6) is 1.55. The van der Waals surface area contributed by atoms with Crippen molar-refractivity contribution in [3.8, 4) is 27.9 Å². The van der Waals surface area contributed by atoms with Gasteiger partial charge >= 0.3 is 0 Å². The number of hydrogen-bond donors (Lipinski definition) is 0. The van der Waals surface area contributed by atoms with Gasteiger partial charge < -0.3 is 9.47 Å². The Kier molecular flexibility index (Phi) is 8.66. The Bertz CT molecular complexity index is 2950. The fourth-order valence-electron chi connectivity index (χ4n) is 10.4. The molecule has 4 aliphatic rings. The molecule has 0 N–H and O–H groups in total. The quantitative estimate of drug-likeness (QED) is 0.162. The van der Waals surface area contributed by atoms with E-state index in [4.69, 9.17) is 9.97 Å². The maximum absolute atomic E-state index is 5.19. The molecule has 0 saturated heterocycles. The van der Waals surface area contributed by atoms with Gasteiger partial charge in [0.15, 0.2) is 0 Å². The molecule has 11 rings (SSSR count). The summed E-state index contributed by atoms with van der Waals surface area (Å²) >= 11 is 0. The Labute approximate surface area is 352 Å². The van der Waals surface area contributed by atoms with E-state index in [1.165, 1.54) is 49.9 Å². The monoisotopic (exact) mass is 777 g/mol. The van der Waals surface area contributed by atoms with Crippen molar-refractivity contribution in [1.82, 2.24) is 19.4 Å². The average Bonchev–Trinajstić information content (AvgIpc) is 3.77. The summed E-state index contributed by atoms with van der Waals surface area (Å²) in [6, 6.07) is 45.8. The summed E-state index contributed by atoms with van der Waals surface area (Å²) in [4.78, 5) is 15.4. The molecule has 0 amide bonds. The maximum Gasteiger partial charge on any atom is 0.234 e. The van der Waals surface area contributed by atoms with Crippen LogP contribution in [0.15, 0.2) is 211 Å². The van der Waals surface area contributed by atoms with Crippen LogP contribution in [0, 0.1) is 17.8 Å². The van der Waals surface area contributed by atoms with E-state index < -0.39 is 0 Å². The second kappa shape index (κ2) is 14.4. The highest BCUT2D eigenvalue weighted by Crippen LogP contribution is 2.54. The minimum atomic E-state index is -0.175. The molecular weight excluding hydrogens is 731 g/mol. The van der Waals surface area contributed by atoms with Crippen LogP contribution in [0.2, 0.25) is 0 Å². The third-order valence-electron chi connectivity index (χ3n) is 13.2. The summed E-state index contributed by atoms with van der Waals surface area (Å²) in [6.07, 6.45) is 25.8. The Balaban J connectivity index is 1.06. The fraction of sp³-hybridized carbons (Fsp3) is 0.164. The number of allylic oxidation sites excluding steroid dienone is 7. The van der Waals surface area contributed by atoms with E-state index in [1.54, 1.807) is 0 Å². The van der Waals surface area contributed by atoms with E-state index in [0.29, 0.717) is 11.9 Å². The van der Waals surface area contributed by atoms with Gasteiger partial charge in [0.2, 0.25) is 5.95 Å². The topological polar surface area (TPSA) is 37.2 Å². The largest absolute Gasteiger partial charge is 0.358 e. The molecule has 5 nitrogen and oxygen atoms in total. The molecule has 5 aromatic carbocycles. The molecule has 2 aromatic heterocycles. The highest BCUT2D eigenvalue weighted by Gasteiger charge is 2.52. The first kappa shape index (κ1) is 36.1. The summed E-state index contributed by atoms with van der Waals surface area (Å²) in [7, 11) is 0. The van der Waals surface area contributed by atoms with Gasteiger partial charge in [-0.25, -0.2) is 9.97 Å². The number of rotatable bonds is 7. The molecule has 60 heavy (non-hydrogen) atoms. The minimum Gasteiger partial charge on any atom is -0.358 e. The summed E-state index contributed by atoms with van der Waals surface area (Å²) in [5.41, 5.74) is 12.9. The summed E-state index contributed by atoms with van der Waals surface area (Å²) in [5, 5.41) is 2.41. The Hall–Kier alpha value is -6.98. The van der Waals surface area contributed by atoms with Crippen LogP contribution in [0.5, 0.6) is 0 Å². The predicted octanol–water partition coefficient (Wildman–Crippen LogP) is 13.2. The molecule has 5 atom stereocenters. The first-order chi connectivity index (χ1) is 29.5. The molecule has 5 heteroatoms. The van der Waals surface area contributed by atoms with Gasteiger partial charge in [0.1, 0.15) is 0 Å². The summed E-state index contributed by atoms with van der Waals surface area (Å²) in [6.45, 7) is 7.19. The number of fused-ring (bicyclic) bond motifs is 5. The van der Waals surface area contributed by atoms with Crippen molar-refractivity contribution in [3.63, 3.8) is 0 Å². The van der Waals surface area contributed by atoms with Gasteiger partial charge in [-0.3, -0.25) is 4.90 Å². The van der Waals surface area contributed by atoms with Crippen molar-refractivity contribution in [2.75, 3.05) is 4.90 Å². The normalized spacial score (nSPS) is 23.0. The van der Waals surface area contributed by atoms with Crippen LogP contribution in [-0.2, 0) is 0 Å². The maximum atomic E-state index is 5.19. The van der Waals surface area contributed by atoms with E-state index in [9.17, 15) is 0 Å². The molecule has 0 fully saturated rings. The van der Waals surface area contributed by atoms with Gasteiger partial charge in [0, 0.05) is 63.3 Å². The molecule has 1 aliphatic heterocycles. The molecule has 3 aliphatic carbocycles. The van der Waals surface area contributed by atoms with Crippen molar-refractivity contribution in [2.45, 2.75) is 38.8 Å². The fourth-order valence-corrected chi connectivity index (χ4v) is 10.4. The van der Waals surface area contributed by atoms with Gasteiger partial charge in [0.25, 0.3) is 0 Å². The Morgan fingerprint density at radius 3 is 2.05 bits per heavy atom. The smallest absolute Gasteiger partial charge is 0.234 e. The van der Waals surface area contributed by atoms with Gasteiger partial charge in [-0.15, -0.1) is 0 Å². The summed E-state index contributed by atoms with van der Waals surface area (Å²) < 4.78 is 2.37. The van der Waals surface area contributed by atoms with Crippen LogP contribution in [0.3, 0.4) is 0 Å². The van der Waals surface area contributed by atoms with Gasteiger partial charge in [-0.2, -0.15) is 0 Å². The first-order valence-corrected chi connectivity index (χ1v) is 21.3. The van der Waals surface area contributed by atoms with Gasteiger partial charge in [-0.05, 0) is 84.0 Å². The molecule has 0 spiro atoms. The van der Waals surface area contributed by atoms with Crippen LogP contribution in [0.4, 0.5) is 11.6 Å². The van der Waals surface area contributed by atoms with Gasteiger partial charge in [0.05, 0.1) is 22.6 Å². The SMILES string of the molecule is CC1CC(N(c2ccc3c(c2)c2ccccc2n3-c2ccccc2)c2ncc(-c3ccc(-c4ccccc4)cc3)cn2)=CC2=C1N(C1C=CC=CC1C)C1(C)C=CC=CC21. The zero-order chi connectivity index (χ0) is 40.4. The van der Waals surface area contributed by atoms with Crippen molar-refractivity contribution >= 4 is 33.4 Å². The van der Waals surface area contributed by atoms with Crippen molar-refractivity contribution < 1.29 is 0 Å². The van der Waals surface area contributed by atoms with Crippen LogP contribution >= 0.6 is 0 Å². The molecule has 292 valence electrons. The van der Waals surface area contributed by atoms with Crippen molar-refractivity contribution in [1.29, 1.82) is 0 Å². The lowest BCUT2D eigenvalue weighted by Gasteiger charge is -2.47. The van der Waals surface area contributed by atoms with Crippen LogP contribution in [0.1, 0.15) is 27.2 Å². The molecule has 0 saturated carbocycles. The number of benzene rings is 5. The first-order valence-electron chi connectivity index (χ1n) is 21.3. The van der Waals surface area contributed by atoms with Gasteiger partial charge in [-0.1, -0.05) is 153 Å². The number of para-hydroxylation sites is 2. The molecular formula is C55H47N5. The zero-order valence-corrected chi connectivity index (χ0v) is 34.2. The number of anilines is 2. The lowest BCUT2D eigenvalue weighted by atomic mass is 9.77. The van der Waals surface area contributed by atoms with Crippen LogP contribution in [-0.4, -0.2) is 31.0 Å². The number of aromatic nitrogens is 3. The van der Waals surface area contributed by atoms with E-state index in [1.807, 2.05) is 12.4 Å². The number of nitrogens with zero attached hydrogens (tertiary/aromatic N) is 5. The van der Waals surface area contributed by atoms with E-state index in [2.05, 4.69) is 217 Å². The van der Waals surface area contributed by atoms with E-state index in [0.717, 1.165) is 28.9 Å². The Morgan fingerprint density at radius 1 is 0.633 bits per heavy atom. The third-order valence-corrected chi connectivity index (χ3v) is 13.2.